The Bertz CT molecular complexity index is 1560. The SMILES string of the molecule is C1=CCCC=C1.COC(Nc1cccc(C#Cc2cncc(C(=O)N=S)c2)c1)c1cc(C)nn1C.O=CCC(=O)NCC(O)CO. The molecule has 12 nitrogen and oxygen atoms in total. The Balaban J connectivity index is 0.000000354. The van der Waals surface area contributed by atoms with Crippen LogP contribution in [0.25, 0.3) is 0 Å². The van der Waals surface area contributed by atoms with Crippen LogP contribution in [-0.2, 0) is 33.8 Å². The summed E-state index contributed by atoms with van der Waals surface area (Å²) >= 11 is 4.43. The zero-order valence-electron chi connectivity index (χ0n) is 25.9. The Morgan fingerprint density at radius 2 is 1.87 bits per heavy atom. The Morgan fingerprint density at radius 1 is 1.15 bits per heavy atom. The van der Waals surface area contributed by atoms with Crippen LogP contribution in [0.15, 0.2) is 77.5 Å². The summed E-state index contributed by atoms with van der Waals surface area (Å²) in [6, 6.07) is 11.2. The molecule has 2 heterocycles. The number of rotatable bonds is 10. The van der Waals surface area contributed by atoms with Crippen LogP contribution in [0.1, 0.15) is 58.4 Å². The first kappa shape index (κ1) is 37.3. The number of carbonyl (C=O) groups is 3. The van der Waals surface area contributed by atoms with Crippen molar-refractivity contribution >= 4 is 36.2 Å². The number of carbonyl (C=O) groups excluding carboxylic acids is 3. The number of amides is 2. The Morgan fingerprint density at radius 3 is 2.43 bits per heavy atom. The van der Waals surface area contributed by atoms with E-state index in [4.69, 9.17) is 14.9 Å². The van der Waals surface area contributed by atoms with E-state index in [2.05, 4.69) is 73.6 Å². The number of nitrogens with one attached hydrogen (secondary N) is 2. The van der Waals surface area contributed by atoms with Crippen molar-refractivity contribution in [1.82, 2.24) is 20.1 Å². The summed E-state index contributed by atoms with van der Waals surface area (Å²) in [7, 11) is 3.52. The highest BCUT2D eigenvalue weighted by molar-refractivity contribution is 7.47. The summed E-state index contributed by atoms with van der Waals surface area (Å²) < 4.78 is 10.6. The van der Waals surface area contributed by atoms with Gasteiger partial charge < -0.3 is 30.4 Å². The third-order valence-corrected chi connectivity index (χ3v) is 6.19. The number of hydrogen-bond acceptors (Lipinski definition) is 10. The second kappa shape index (κ2) is 21.0. The van der Waals surface area contributed by atoms with Gasteiger partial charge in [0.15, 0.2) is 6.23 Å². The standard InChI is InChI=1S/C21H19N5O2S.C6H11NO4.C6H8/c1-14-9-19(26(2)24-14)21(28-3)23-18-6-4-5-15(11-18)7-8-16-10-17(13-22-12-16)20(27)25-29;8-2-1-6(11)7-3-5(10)4-9;1-2-4-6-5-3-1/h4-6,9-13,21,23H,1-3H3;2,5,9-10H,1,3-4H2,(H,7,11);1-4H,5-6H2. The van der Waals surface area contributed by atoms with Crippen LogP contribution in [0.3, 0.4) is 0 Å². The van der Waals surface area contributed by atoms with Crippen LogP contribution in [-0.4, -0.2) is 69.4 Å². The van der Waals surface area contributed by atoms with E-state index in [0.29, 0.717) is 17.4 Å². The predicted octanol–water partition coefficient (Wildman–Crippen LogP) is 3.09. The number of benzene rings is 1. The second-order valence-electron chi connectivity index (χ2n) is 9.73. The van der Waals surface area contributed by atoms with Gasteiger partial charge in [-0.2, -0.15) is 5.10 Å². The summed E-state index contributed by atoms with van der Waals surface area (Å²) in [6.07, 6.45) is 13.0. The van der Waals surface area contributed by atoms with Gasteiger partial charge in [-0.1, -0.05) is 42.2 Å². The predicted molar refractivity (Wildman–Crippen MR) is 176 cm³/mol. The fourth-order valence-corrected chi connectivity index (χ4v) is 3.88. The molecule has 4 rings (SSSR count). The smallest absolute Gasteiger partial charge is 0.289 e. The van der Waals surface area contributed by atoms with Crippen molar-refractivity contribution < 1.29 is 29.3 Å². The molecule has 0 radical (unpaired) electrons. The van der Waals surface area contributed by atoms with Crippen LogP contribution in [0.4, 0.5) is 5.69 Å². The van der Waals surface area contributed by atoms with Crippen molar-refractivity contribution in [3.05, 3.63) is 101 Å². The molecule has 0 bridgehead atoms. The van der Waals surface area contributed by atoms with Crippen molar-refractivity contribution in [2.45, 2.75) is 38.5 Å². The average molecular weight is 647 g/mol. The lowest BCUT2D eigenvalue weighted by Gasteiger charge is -2.18. The van der Waals surface area contributed by atoms with Crippen LogP contribution in [0.5, 0.6) is 0 Å². The largest absolute Gasteiger partial charge is 0.394 e. The zero-order chi connectivity index (χ0) is 33.7. The van der Waals surface area contributed by atoms with Crippen molar-refractivity contribution in [2.24, 2.45) is 11.4 Å². The molecule has 3 aromatic rings. The minimum absolute atomic E-state index is 0.0246. The molecule has 0 saturated heterocycles. The zero-order valence-corrected chi connectivity index (χ0v) is 26.7. The van der Waals surface area contributed by atoms with Gasteiger partial charge in [0.2, 0.25) is 5.91 Å². The molecule has 0 aliphatic heterocycles. The number of ether oxygens (including phenoxy) is 1. The maximum Gasteiger partial charge on any atom is 0.289 e. The molecule has 46 heavy (non-hydrogen) atoms. The Labute approximate surface area is 273 Å². The molecule has 4 N–H and O–H groups in total. The van der Waals surface area contributed by atoms with Crippen molar-refractivity contribution in [3.63, 3.8) is 0 Å². The number of pyridine rings is 1. The van der Waals surface area contributed by atoms with Gasteiger partial charge in [-0.25, -0.2) is 0 Å². The van der Waals surface area contributed by atoms with E-state index in [1.54, 1.807) is 24.1 Å². The Kier molecular flexibility index (Phi) is 17.0. The van der Waals surface area contributed by atoms with Gasteiger partial charge in [0.25, 0.3) is 5.91 Å². The highest BCUT2D eigenvalue weighted by Gasteiger charge is 2.15. The third-order valence-electron chi connectivity index (χ3n) is 6.02. The molecule has 0 fully saturated rings. The average Bonchev–Trinajstić information content (AvgIpc) is 3.43. The molecule has 1 aliphatic rings. The highest BCUT2D eigenvalue weighted by Crippen LogP contribution is 2.21. The number of aryl methyl sites for hydroxylation is 2. The summed E-state index contributed by atoms with van der Waals surface area (Å²) in [4.78, 5) is 35.9. The van der Waals surface area contributed by atoms with Crippen molar-refractivity contribution in [2.75, 3.05) is 25.6 Å². The van der Waals surface area contributed by atoms with Crippen LogP contribution < -0.4 is 10.6 Å². The monoisotopic (exact) mass is 646 g/mol. The number of aliphatic hydroxyl groups excluding tert-OH is 2. The summed E-state index contributed by atoms with van der Waals surface area (Å²) in [5, 5.41) is 27.0. The van der Waals surface area contributed by atoms with Gasteiger partial charge in [-0.3, -0.25) is 19.3 Å². The van der Waals surface area contributed by atoms with E-state index < -0.39 is 24.5 Å². The first-order valence-electron chi connectivity index (χ1n) is 14.3. The Hall–Kier alpha value is -4.87. The fraction of sp³-hybridized carbons (Fsp3) is 0.303. The summed E-state index contributed by atoms with van der Waals surface area (Å²) in [5.74, 6) is 5.13. The lowest BCUT2D eigenvalue weighted by atomic mass is 10.1. The van der Waals surface area contributed by atoms with Gasteiger partial charge >= 0.3 is 0 Å². The van der Waals surface area contributed by atoms with Crippen LogP contribution in [0, 0.1) is 18.8 Å². The second-order valence-corrected chi connectivity index (χ2v) is 9.91. The number of methoxy groups -OCH3 is 1. The number of aromatic nitrogens is 3. The van der Waals surface area contributed by atoms with Gasteiger partial charge in [-0.05, 0) is 50.1 Å². The quantitative estimate of drug-likeness (QED) is 0.111. The molecule has 0 spiro atoms. The van der Waals surface area contributed by atoms with Gasteiger partial charge in [0, 0.05) is 62.3 Å². The molecule has 2 atom stereocenters. The van der Waals surface area contributed by atoms with Gasteiger partial charge in [-0.15, -0.1) is 4.36 Å². The fourth-order valence-electron chi connectivity index (χ4n) is 3.78. The number of nitrogens with zero attached hydrogens (tertiary/aromatic N) is 4. The number of anilines is 1. The third kappa shape index (κ3) is 13.8. The van der Waals surface area contributed by atoms with E-state index in [9.17, 15) is 14.4 Å². The molecule has 2 unspecified atom stereocenters. The lowest BCUT2D eigenvalue weighted by molar-refractivity contribution is -0.124. The summed E-state index contributed by atoms with van der Waals surface area (Å²) in [5.41, 5.74) is 4.42. The van der Waals surface area contributed by atoms with Gasteiger partial charge in [0.05, 0.1) is 36.1 Å². The maximum atomic E-state index is 11.6. The number of aldehydes is 1. The van der Waals surface area contributed by atoms with E-state index in [1.807, 2.05) is 44.3 Å². The highest BCUT2D eigenvalue weighted by atomic mass is 32.1. The molecule has 1 aromatic carbocycles. The van der Waals surface area contributed by atoms with E-state index in [1.165, 1.54) is 19.0 Å². The van der Waals surface area contributed by atoms with Crippen LogP contribution >= 0.6 is 0 Å². The molecule has 242 valence electrons. The van der Waals surface area contributed by atoms with E-state index >= 15 is 0 Å². The van der Waals surface area contributed by atoms with E-state index in [0.717, 1.165) is 22.6 Å². The topological polar surface area (TPSA) is 168 Å². The van der Waals surface area contributed by atoms with Crippen molar-refractivity contribution in [1.29, 1.82) is 0 Å². The molecule has 1 aliphatic carbocycles. The van der Waals surface area contributed by atoms with Crippen LogP contribution in [0.2, 0.25) is 0 Å². The molecular weight excluding hydrogens is 608 g/mol. The summed E-state index contributed by atoms with van der Waals surface area (Å²) in [6.45, 7) is 1.51. The molecular formula is C33H38N6O6S. The number of allylic oxidation sites excluding steroid dienone is 4. The number of hydrogen-bond donors (Lipinski definition) is 4. The first-order valence-corrected chi connectivity index (χ1v) is 14.6. The molecule has 2 amide bonds. The number of aliphatic hydroxyl groups is 2. The molecule has 13 heteroatoms. The molecule has 0 saturated carbocycles. The minimum Gasteiger partial charge on any atom is -0.394 e. The normalized spacial score (nSPS) is 12.5. The lowest BCUT2D eigenvalue weighted by Crippen LogP contribution is -2.33. The van der Waals surface area contributed by atoms with Gasteiger partial charge in [0.1, 0.15) is 6.29 Å². The van der Waals surface area contributed by atoms with Crippen molar-refractivity contribution in [3.8, 4) is 11.8 Å². The minimum atomic E-state index is -0.953. The van der Waals surface area contributed by atoms with E-state index in [-0.39, 0.29) is 19.2 Å². The molecule has 2 aromatic heterocycles. The first-order chi connectivity index (χ1) is 22.2. The maximum absolute atomic E-state index is 11.6.